The highest BCUT2D eigenvalue weighted by molar-refractivity contribution is 7.92. The lowest BCUT2D eigenvalue weighted by molar-refractivity contribution is -0.127. The molecule has 0 heterocycles. The lowest BCUT2D eigenvalue weighted by Crippen LogP contribution is -2.38. The maximum Gasteiger partial charge on any atom is 0.261 e. The summed E-state index contributed by atoms with van der Waals surface area (Å²) in [6, 6.07) is 13.1. The van der Waals surface area contributed by atoms with Crippen molar-refractivity contribution in [2.45, 2.75) is 38.7 Å². The Morgan fingerprint density at radius 1 is 1.00 bits per heavy atom. The van der Waals surface area contributed by atoms with E-state index in [0.717, 1.165) is 5.56 Å². The largest absolute Gasteiger partial charge is 0.481 e. The van der Waals surface area contributed by atoms with Gasteiger partial charge in [0.25, 0.3) is 15.9 Å². The van der Waals surface area contributed by atoms with Gasteiger partial charge in [0.2, 0.25) is 0 Å². The molecule has 0 fully saturated rings. The van der Waals surface area contributed by atoms with Crippen molar-refractivity contribution in [1.82, 2.24) is 5.32 Å². The summed E-state index contributed by atoms with van der Waals surface area (Å²) in [6.45, 7) is 8.18. The van der Waals surface area contributed by atoms with Gasteiger partial charge in [-0.05, 0) is 56.2 Å². The molecule has 0 radical (unpaired) electrons. The highest BCUT2D eigenvalue weighted by atomic mass is 32.2. The first-order valence-corrected chi connectivity index (χ1v) is 10.3. The predicted octanol–water partition coefficient (Wildman–Crippen LogP) is 3.34. The van der Waals surface area contributed by atoms with Crippen molar-refractivity contribution in [2.75, 3.05) is 11.3 Å². The molecule has 2 aromatic carbocycles. The van der Waals surface area contributed by atoms with Crippen LogP contribution in [0.2, 0.25) is 0 Å². The maximum atomic E-state index is 12.5. The summed E-state index contributed by atoms with van der Waals surface area (Å²) < 4.78 is 33.0. The highest BCUT2D eigenvalue weighted by Gasteiger charge is 2.17. The molecule has 2 aromatic rings. The zero-order valence-corrected chi connectivity index (χ0v) is 16.8. The van der Waals surface area contributed by atoms with E-state index >= 15 is 0 Å². The minimum absolute atomic E-state index is 0.118. The number of aryl methyl sites for hydroxylation is 1. The predicted molar refractivity (Wildman–Crippen MR) is 106 cm³/mol. The Morgan fingerprint density at radius 3 is 2.15 bits per heavy atom. The molecule has 0 aromatic heterocycles. The Morgan fingerprint density at radius 2 is 1.59 bits per heavy atom. The summed E-state index contributed by atoms with van der Waals surface area (Å²) in [5.74, 6) is 0.574. The van der Waals surface area contributed by atoms with E-state index in [0.29, 0.717) is 23.9 Å². The van der Waals surface area contributed by atoms with Gasteiger partial charge >= 0.3 is 0 Å². The van der Waals surface area contributed by atoms with Crippen molar-refractivity contribution in [3.63, 3.8) is 0 Å². The molecule has 0 aliphatic heterocycles. The topological polar surface area (TPSA) is 84.5 Å². The number of anilines is 1. The van der Waals surface area contributed by atoms with Crippen LogP contribution in [-0.4, -0.2) is 27.0 Å². The second-order valence-corrected chi connectivity index (χ2v) is 8.52. The highest BCUT2D eigenvalue weighted by Crippen LogP contribution is 2.20. The first-order chi connectivity index (χ1) is 12.7. The molecule has 27 heavy (non-hydrogen) atoms. The fourth-order valence-electron chi connectivity index (χ4n) is 2.24. The van der Waals surface area contributed by atoms with Gasteiger partial charge in [0.1, 0.15) is 5.75 Å². The molecule has 6 nitrogen and oxygen atoms in total. The maximum absolute atomic E-state index is 12.5. The number of amides is 1. The minimum atomic E-state index is -3.69. The van der Waals surface area contributed by atoms with Crippen molar-refractivity contribution >= 4 is 21.6 Å². The van der Waals surface area contributed by atoms with Crippen LogP contribution in [0.4, 0.5) is 5.69 Å². The standard InChI is InChI=1S/C20H26N2O4S/c1-14(2)13-21-20(23)16(4)26-18-9-11-19(12-10-18)27(24,25)22-17-7-5-15(3)6-8-17/h5-12,14,16,22H,13H2,1-4H3,(H,21,23)/t16-/m0/s1. The van der Waals surface area contributed by atoms with Gasteiger partial charge < -0.3 is 10.1 Å². The van der Waals surface area contributed by atoms with Crippen molar-refractivity contribution in [3.05, 3.63) is 54.1 Å². The average molecular weight is 391 g/mol. The molecule has 0 saturated carbocycles. The molecule has 1 amide bonds. The fourth-order valence-corrected chi connectivity index (χ4v) is 3.30. The van der Waals surface area contributed by atoms with Gasteiger partial charge in [-0.25, -0.2) is 8.42 Å². The molecule has 7 heteroatoms. The third-order valence-electron chi connectivity index (χ3n) is 3.80. The van der Waals surface area contributed by atoms with E-state index in [1.807, 2.05) is 32.9 Å². The van der Waals surface area contributed by atoms with E-state index in [9.17, 15) is 13.2 Å². The van der Waals surface area contributed by atoms with Crippen LogP contribution in [-0.2, 0) is 14.8 Å². The summed E-state index contributed by atoms with van der Waals surface area (Å²) in [4.78, 5) is 12.1. The number of benzene rings is 2. The second-order valence-electron chi connectivity index (χ2n) is 6.84. The molecule has 0 saturated heterocycles. The van der Waals surface area contributed by atoms with E-state index in [-0.39, 0.29) is 10.8 Å². The molecular weight excluding hydrogens is 364 g/mol. The second kappa shape index (κ2) is 8.90. The van der Waals surface area contributed by atoms with Gasteiger partial charge in [-0.15, -0.1) is 0 Å². The van der Waals surface area contributed by atoms with Gasteiger partial charge in [-0.1, -0.05) is 31.5 Å². The number of carbonyl (C=O) groups excluding carboxylic acids is 1. The SMILES string of the molecule is Cc1ccc(NS(=O)(=O)c2ccc(O[C@@H](C)C(=O)NCC(C)C)cc2)cc1. The normalized spacial score (nSPS) is 12.5. The Kier molecular flexibility index (Phi) is 6.85. The van der Waals surface area contributed by atoms with Crippen LogP contribution in [0.3, 0.4) is 0 Å². The number of nitrogens with one attached hydrogen (secondary N) is 2. The van der Waals surface area contributed by atoms with Crippen molar-refractivity contribution in [1.29, 1.82) is 0 Å². The molecule has 2 rings (SSSR count). The van der Waals surface area contributed by atoms with Crippen LogP contribution in [0.15, 0.2) is 53.4 Å². The molecule has 0 unspecified atom stereocenters. The summed E-state index contributed by atoms with van der Waals surface area (Å²) in [6.07, 6.45) is -0.670. The number of hydrogen-bond acceptors (Lipinski definition) is 4. The zero-order chi connectivity index (χ0) is 20.0. The number of hydrogen-bond donors (Lipinski definition) is 2. The Balaban J connectivity index is 2.01. The van der Waals surface area contributed by atoms with Gasteiger partial charge in [-0.3, -0.25) is 9.52 Å². The van der Waals surface area contributed by atoms with E-state index in [4.69, 9.17) is 4.74 Å². The number of rotatable bonds is 8. The van der Waals surface area contributed by atoms with E-state index in [2.05, 4.69) is 10.0 Å². The number of sulfonamides is 1. The Bertz CT molecular complexity index is 860. The van der Waals surface area contributed by atoms with Crippen LogP contribution in [0.25, 0.3) is 0 Å². The van der Waals surface area contributed by atoms with E-state index in [1.165, 1.54) is 24.3 Å². The third kappa shape index (κ3) is 6.29. The molecule has 0 spiro atoms. The Labute approximate surface area is 161 Å². The van der Waals surface area contributed by atoms with Crippen LogP contribution in [0.5, 0.6) is 5.75 Å². The smallest absolute Gasteiger partial charge is 0.261 e. The van der Waals surface area contributed by atoms with E-state index < -0.39 is 16.1 Å². The van der Waals surface area contributed by atoms with Crippen LogP contribution < -0.4 is 14.8 Å². The van der Waals surface area contributed by atoms with Gasteiger partial charge in [0, 0.05) is 12.2 Å². The monoisotopic (exact) mass is 390 g/mol. The summed E-state index contributed by atoms with van der Waals surface area (Å²) >= 11 is 0. The van der Waals surface area contributed by atoms with Gasteiger partial charge in [-0.2, -0.15) is 0 Å². The van der Waals surface area contributed by atoms with Gasteiger partial charge in [0.05, 0.1) is 4.90 Å². The first-order valence-electron chi connectivity index (χ1n) is 8.81. The summed E-state index contributed by atoms with van der Waals surface area (Å²) in [5.41, 5.74) is 1.54. The third-order valence-corrected chi connectivity index (χ3v) is 5.20. The van der Waals surface area contributed by atoms with Gasteiger partial charge in [0.15, 0.2) is 6.10 Å². The molecule has 146 valence electrons. The Hall–Kier alpha value is -2.54. The van der Waals surface area contributed by atoms with Crippen LogP contribution in [0.1, 0.15) is 26.3 Å². The molecule has 2 N–H and O–H groups in total. The molecule has 0 bridgehead atoms. The fraction of sp³-hybridized carbons (Fsp3) is 0.350. The molecule has 1 atom stereocenters. The zero-order valence-electron chi connectivity index (χ0n) is 16.0. The molecule has 0 aliphatic rings. The lowest BCUT2D eigenvalue weighted by Gasteiger charge is -2.16. The summed E-state index contributed by atoms with van der Waals surface area (Å²) in [5, 5.41) is 2.80. The molecular formula is C20H26N2O4S. The van der Waals surface area contributed by atoms with Crippen molar-refractivity contribution in [3.8, 4) is 5.75 Å². The van der Waals surface area contributed by atoms with E-state index in [1.54, 1.807) is 19.1 Å². The van der Waals surface area contributed by atoms with Crippen molar-refractivity contribution < 1.29 is 17.9 Å². The number of carbonyl (C=O) groups is 1. The first kappa shape index (κ1) is 20.8. The quantitative estimate of drug-likeness (QED) is 0.724. The average Bonchev–Trinajstić information content (AvgIpc) is 2.61. The van der Waals surface area contributed by atoms with Crippen LogP contribution in [0, 0.1) is 12.8 Å². The van der Waals surface area contributed by atoms with Crippen LogP contribution >= 0.6 is 0 Å². The lowest BCUT2D eigenvalue weighted by atomic mass is 10.2. The molecule has 0 aliphatic carbocycles. The number of ether oxygens (including phenoxy) is 1. The minimum Gasteiger partial charge on any atom is -0.481 e. The summed E-state index contributed by atoms with van der Waals surface area (Å²) in [7, 11) is -3.69. The van der Waals surface area contributed by atoms with Crippen molar-refractivity contribution in [2.24, 2.45) is 5.92 Å².